The maximum absolute atomic E-state index is 12.6. The number of para-hydroxylation sites is 2. The number of fused-ring (bicyclic) bond motifs is 1. The molecule has 2 aromatic rings. The lowest BCUT2D eigenvalue weighted by molar-refractivity contribution is -0.126. The Bertz CT molecular complexity index is 871. The fourth-order valence-corrected chi connectivity index (χ4v) is 3.83. The number of nitrogens with one attached hydrogen (secondary N) is 1. The predicted octanol–water partition coefficient (Wildman–Crippen LogP) is 2.72. The van der Waals surface area contributed by atoms with E-state index < -0.39 is 0 Å². The van der Waals surface area contributed by atoms with Gasteiger partial charge in [-0.3, -0.25) is 9.59 Å². The van der Waals surface area contributed by atoms with Crippen molar-refractivity contribution in [1.29, 1.82) is 0 Å². The van der Waals surface area contributed by atoms with Crippen LogP contribution in [0.1, 0.15) is 6.42 Å². The molecule has 2 atom stereocenters. The SMILES string of the molecule is CSc1ccc(N2C[C@H](C(=O)NC[C@@H]3COc4ccccc4O3)CC2=O)cc1. The van der Waals surface area contributed by atoms with E-state index in [0.717, 1.165) is 16.3 Å². The monoisotopic (exact) mass is 398 g/mol. The molecule has 4 rings (SSSR count). The highest BCUT2D eigenvalue weighted by molar-refractivity contribution is 7.98. The van der Waals surface area contributed by atoms with Crippen LogP contribution in [-0.2, 0) is 9.59 Å². The fourth-order valence-electron chi connectivity index (χ4n) is 3.42. The first-order chi connectivity index (χ1) is 13.6. The van der Waals surface area contributed by atoms with E-state index in [1.54, 1.807) is 16.7 Å². The minimum Gasteiger partial charge on any atom is -0.486 e. The largest absolute Gasteiger partial charge is 0.486 e. The van der Waals surface area contributed by atoms with Gasteiger partial charge >= 0.3 is 0 Å². The molecule has 7 heteroatoms. The van der Waals surface area contributed by atoms with Gasteiger partial charge in [0, 0.05) is 23.5 Å². The Balaban J connectivity index is 1.31. The lowest BCUT2D eigenvalue weighted by Crippen LogP contribution is -2.43. The topological polar surface area (TPSA) is 67.9 Å². The molecule has 0 unspecified atom stereocenters. The molecule has 0 aromatic heterocycles. The maximum Gasteiger partial charge on any atom is 0.227 e. The van der Waals surface area contributed by atoms with E-state index >= 15 is 0 Å². The number of ether oxygens (including phenoxy) is 2. The van der Waals surface area contributed by atoms with Gasteiger partial charge in [-0.1, -0.05) is 12.1 Å². The third-order valence-corrected chi connectivity index (χ3v) is 5.69. The van der Waals surface area contributed by atoms with Crippen molar-refractivity contribution in [3.63, 3.8) is 0 Å². The predicted molar refractivity (Wildman–Crippen MR) is 108 cm³/mol. The molecule has 28 heavy (non-hydrogen) atoms. The Labute approximate surface area is 168 Å². The number of hydrogen-bond acceptors (Lipinski definition) is 5. The number of anilines is 1. The minimum atomic E-state index is -0.357. The van der Waals surface area contributed by atoms with Gasteiger partial charge < -0.3 is 19.7 Å². The van der Waals surface area contributed by atoms with Crippen LogP contribution in [-0.4, -0.2) is 43.9 Å². The zero-order valence-corrected chi connectivity index (χ0v) is 16.4. The van der Waals surface area contributed by atoms with Crippen LogP contribution in [0.5, 0.6) is 11.5 Å². The van der Waals surface area contributed by atoms with Crippen molar-refractivity contribution in [2.75, 3.05) is 30.9 Å². The lowest BCUT2D eigenvalue weighted by atomic mass is 10.1. The molecule has 2 heterocycles. The van der Waals surface area contributed by atoms with E-state index in [1.807, 2.05) is 54.8 Å². The number of carbonyl (C=O) groups is 2. The Morgan fingerprint density at radius 1 is 1.18 bits per heavy atom. The molecule has 1 saturated heterocycles. The molecule has 146 valence electrons. The number of hydrogen-bond donors (Lipinski definition) is 1. The summed E-state index contributed by atoms with van der Waals surface area (Å²) in [4.78, 5) is 27.8. The average molecular weight is 398 g/mol. The van der Waals surface area contributed by atoms with Gasteiger partial charge in [-0.25, -0.2) is 0 Å². The Morgan fingerprint density at radius 2 is 1.93 bits per heavy atom. The summed E-state index contributed by atoms with van der Waals surface area (Å²) in [6.45, 7) is 1.13. The quantitative estimate of drug-likeness (QED) is 0.785. The molecule has 6 nitrogen and oxygen atoms in total. The standard InChI is InChI=1S/C21H22N2O4S/c1-28-17-8-6-15(7-9-17)23-12-14(10-20(23)24)21(25)22-11-16-13-26-18-4-2-3-5-19(18)27-16/h2-9,14,16H,10-13H2,1H3,(H,22,25)/t14-,16-/m1/s1. The molecule has 0 aliphatic carbocycles. The highest BCUT2D eigenvalue weighted by Crippen LogP contribution is 2.31. The molecule has 2 aliphatic rings. The van der Waals surface area contributed by atoms with Crippen LogP contribution < -0.4 is 19.7 Å². The molecule has 0 bridgehead atoms. The Morgan fingerprint density at radius 3 is 2.68 bits per heavy atom. The second kappa shape index (κ2) is 8.14. The van der Waals surface area contributed by atoms with Crippen molar-refractivity contribution >= 4 is 29.3 Å². The van der Waals surface area contributed by atoms with Gasteiger partial charge in [-0.2, -0.15) is 0 Å². The molecule has 2 aliphatic heterocycles. The van der Waals surface area contributed by atoms with Crippen LogP contribution in [0.4, 0.5) is 5.69 Å². The van der Waals surface area contributed by atoms with Gasteiger partial charge in [0.1, 0.15) is 12.7 Å². The molecule has 1 fully saturated rings. The molecule has 0 saturated carbocycles. The van der Waals surface area contributed by atoms with E-state index in [4.69, 9.17) is 9.47 Å². The second-order valence-corrected chi connectivity index (χ2v) is 7.73. The van der Waals surface area contributed by atoms with E-state index in [0.29, 0.717) is 25.4 Å². The zero-order chi connectivity index (χ0) is 19.5. The van der Waals surface area contributed by atoms with E-state index in [1.165, 1.54) is 0 Å². The average Bonchev–Trinajstić information content (AvgIpc) is 3.13. The number of rotatable bonds is 5. The first-order valence-electron chi connectivity index (χ1n) is 9.24. The number of carbonyl (C=O) groups excluding carboxylic acids is 2. The summed E-state index contributed by atoms with van der Waals surface area (Å²) in [5.74, 6) is 0.894. The first kappa shape index (κ1) is 18.7. The van der Waals surface area contributed by atoms with Crippen molar-refractivity contribution in [2.24, 2.45) is 5.92 Å². The number of thioether (sulfide) groups is 1. The van der Waals surface area contributed by atoms with Gasteiger partial charge in [0.15, 0.2) is 11.5 Å². The fraction of sp³-hybridized carbons (Fsp3) is 0.333. The van der Waals surface area contributed by atoms with Crippen LogP contribution in [0.3, 0.4) is 0 Å². The van der Waals surface area contributed by atoms with Gasteiger partial charge in [0.25, 0.3) is 0 Å². The first-order valence-corrected chi connectivity index (χ1v) is 10.5. The smallest absolute Gasteiger partial charge is 0.227 e. The lowest BCUT2D eigenvalue weighted by Gasteiger charge is -2.26. The summed E-state index contributed by atoms with van der Waals surface area (Å²) in [6, 6.07) is 15.3. The molecule has 2 aromatic carbocycles. The number of benzene rings is 2. The molecule has 1 N–H and O–H groups in total. The normalized spacial score (nSPS) is 20.9. The Hall–Kier alpha value is -2.67. The highest BCUT2D eigenvalue weighted by Gasteiger charge is 2.35. The summed E-state index contributed by atoms with van der Waals surface area (Å²) in [5.41, 5.74) is 0.832. The molecular weight excluding hydrogens is 376 g/mol. The molecular formula is C21H22N2O4S. The van der Waals surface area contributed by atoms with Crippen molar-refractivity contribution in [2.45, 2.75) is 17.4 Å². The minimum absolute atomic E-state index is 0.0248. The molecule has 0 radical (unpaired) electrons. The third kappa shape index (κ3) is 3.94. The highest BCUT2D eigenvalue weighted by atomic mass is 32.2. The summed E-state index contributed by atoms with van der Waals surface area (Å²) in [5, 5.41) is 2.91. The number of nitrogens with zero attached hydrogens (tertiary/aromatic N) is 1. The summed E-state index contributed by atoms with van der Waals surface area (Å²) >= 11 is 1.65. The van der Waals surface area contributed by atoms with Crippen LogP contribution in [0.15, 0.2) is 53.4 Å². The van der Waals surface area contributed by atoms with Crippen molar-refractivity contribution < 1.29 is 19.1 Å². The molecule has 0 spiro atoms. The summed E-state index contributed by atoms with van der Waals surface area (Å²) < 4.78 is 11.5. The van der Waals surface area contributed by atoms with Crippen LogP contribution >= 0.6 is 11.8 Å². The zero-order valence-electron chi connectivity index (χ0n) is 15.6. The van der Waals surface area contributed by atoms with Crippen molar-refractivity contribution in [3.8, 4) is 11.5 Å². The second-order valence-electron chi connectivity index (χ2n) is 6.85. The molecule has 2 amide bonds. The van der Waals surface area contributed by atoms with Gasteiger partial charge in [-0.15, -0.1) is 11.8 Å². The summed E-state index contributed by atoms with van der Waals surface area (Å²) in [7, 11) is 0. The summed E-state index contributed by atoms with van der Waals surface area (Å²) in [6.07, 6.45) is 1.99. The van der Waals surface area contributed by atoms with Crippen LogP contribution in [0.2, 0.25) is 0 Å². The van der Waals surface area contributed by atoms with E-state index in [2.05, 4.69) is 5.32 Å². The number of amides is 2. The maximum atomic E-state index is 12.6. The van der Waals surface area contributed by atoms with Gasteiger partial charge in [-0.05, 0) is 42.7 Å². The van der Waals surface area contributed by atoms with Gasteiger partial charge in [0.2, 0.25) is 11.8 Å². The Kier molecular flexibility index (Phi) is 5.43. The van der Waals surface area contributed by atoms with Crippen LogP contribution in [0.25, 0.3) is 0 Å². The van der Waals surface area contributed by atoms with Gasteiger partial charge in [0.05, 0.1) is 12.5 Å². The van der Waals surface area contributed by atoms with Crippen LogP contribution in [0, 0.1) is 5.92 Å². The van der Waals surface area contributed by atoms with E-state index in [-0.39, 0.29) is 30.3 Å². The van der Waals surface area contributed by atoms with Crippen molar-refractivity contribution in [3.05, 3.63) is 48.5 Å². The third-order valence-electron chi connectivity index (χ3n) is 4.95. The van der Waals surface area contributed by atoms with Crippen molar-refractivity contribution in [1.82, 2.24) is 5.32 Å². The van der Waals surface area contributed by atoms with E-state index in [9.17, 15) is 9.59 Å².